The standard InChI is InChI=1S/C36H29NO3/c38-36(39)35-32(20-10-24-40-33-21-9-15-26-13-5-7-18-30(26)33)31-19-8-16-28(34(31)37-35)23-22-27-14-4-6-17-29(27)25-11-2-1-3-12-25/h1-9,11-19,21-23,37H,10,20,24H2,(H,38,39). The van der Waals surface area contributed by atoms with E-state index in [1.165, 1.54) is 0 Å². The Balaban J connectivity index is 1.25. The monoisotopic (exact) mass is 523 g/mol. The van der Waals surface area contributed by atoms with E-state index >= 15 is 0 Å². The Morgan fingerprint density at radius 1 is 0.725 bits per heavy atom. The summed E-state index contributed by atoms with van der Waals surface area (Å²) in [4.78, 5) is 15.4. The first-order valence-corrected chi connectivity index (χ1v) is 13.5. The fourth-order valence-corrected chi connectivity index (χ4v) is 5.33. The Bertz CT molecular complexity index is 1830. The van der Waals surface area contributed by atoms with Gasteiger partial charge in [-0.25, -0.2) is 4.79 Å². The Labute approximate surface area is 233 Å². The van der Waals surface area contributed by atoms with Gasteiger partial charge in [0.1, 0.15) is 11.4 Å². The number of carbonyl (C=O) groups is 1. The second-order valence-corrected chi connectivity index (χ2v) is 9.77. The van der Waals surface area contributed by atoms with Gasteiger partial charge in [0.2, 0.25) is 0 Å². The smallest absolute Gasteiger partial charge is 0.352 e. The lowest BCUT2D eigenvalue weighted by molar-refractivity contribution is 0.0690. The normalized spacial score (nSPS) is 11.4. The Morgan fingerprint density at radius 2 is 1.40 bits per heavy atom. The minimum absolute atomic E-state index is 0.241. The number of hydrogen-bond donors (Lipinski definition) is 2. The third kappa shape index (κ3) is 5.12. The number of aromatic carboxylic acids is 1. The summed E-state index contributed by atoms with van der Waals surface area (Å²) in [6.45, 7) is 0.496. The van der Waals surface area contributed by atoms with E-state index in [9.17, 15) is 9.90 Å². The summed E-state index contributed by atoms with van der Waals surface area (Å²) in [6.07, 6.45) is 5.44. The first kappa shape index (κ1) is 25.2. The van der Waals surface area contributed by atoms with Crippen LogP contribution in [0.15, 0.2) is 115 Å². The van der Waals surface area contributed by atoms with Gasteiger partial charge in [0, 0.05) is 10.8 Å². The molecule has 40 heavy (non-hydrogen) atoms. The van der Waals surface area contributed by atoms with Gasteiger partial charge in [-0.05, 0) is 52.1 Å². The van der Waals surface area contributed by atoms with Gasteiger partial charge < -0.3 is 14.8 Å². The van der Waals surface area contributed by atoms with Crippen molar-refractivity contribution in [3.63, 3.8) is 0 Å². The highest BCUT2D eigenvalue weighted by Crippen LogP contribution is 2.30. The molecule has 4 nitrogen and oxygen atoms in total. The average Bonchev–Trinajstić information content (AvgIpc) is 3.38. The fraction of sp³-hybridized carbons (Fsp3) is 0.0833. The van der Waals surface area contributed by atoms with Gasteiger partial charge in [0.05, 0.1) is 12.1 Å². The minimum Gasteiger partial charge on any atom is -0.493 e. The maximum absolute atomic E-state index is 12.2. The number of aromatic nitrogens is 1. The van der Waals surface area contributed by atoms with Crippen LogP contribution in [0.5, 0.6) is 5.75 Å². The van der Waals surface area contributed by atoms with Crippen LogP contribution in [-0.2, 0) is 6.42 Å². The quantitative estimate of drug-likeness (QED) is 0.147. The van der Waals surface area contributed by atoms with Crippen molar-refractivity contribution < 1.29 is 14.6 Å². The van der Waals surface area contributed by atoms with E-state index in [1.807, 2.05) is 72.8 Å². The lowest BCUT2D eigenvalue weighted by Crippen LogP contribution is -2.04. The summed E-state index contributed by atoms with van der Waals surface area (Å²) in [5.41, 5.74) is 6.23. The van der Waals surface area contributed by atoms with E-state index in [1.54, 1.807) is 0 Å². The number of carboxylic acid groups (broad SMARTS) is 1. The van der Waals surface area contributed by atoms with Crippen LogP contribution < -0.4 is 4.74 Å². The van der Waals surface area contributed by atoms with Gasteiger partial charge in [0.15, 0.2) is 0 Å². The predicted octanol–water partition coefficient (Wildman–Crippen LogP) is 8.87. The summed E-state index contributed by atoms with van der Waals surface area (Å²) in [5.74, 6) is -0.107. The van der Waals surface area contributed by atoms with E-state index in [2.05, 4.69) is 59.6 Å². The van der Waals surface area contributed by atoms with E-state index in [0.717, 1.165) is 55.2 Å². The van der Waals surface area contributed by atoms with Crippen LogP contribution in [0.1, 0.15) is 33.6 Å². The highest BCUT2D eigenvalue weighted by molar-refractivity contribution is 6.01. The van der Waals surface area contributed by atoms with Crippen LogP contribution >= 0.6 is 0 Å². The van der Waals surface area contributed by atoms with Crippen molar-refractivity contribution in [1.82, 2.24) is 4.98 Å². The zero-order valence-electron chi connectivity index (χ0n) is 22.0. The van der Waals surface area contributed by atoms with Crippen LogP contribution in [-0.4, -0.2) is 22.7 Å². The summed E-state index contributed by atoms with van der Waals surface area (Å²) >= 11 is 0. The van der Waals surface area contributed by atoms with Gasteiger partial charge in [0.25, 0.3) is 0 Å². The van der Waals surface area contributed by atoms with Gasteiger partial charge in [-0.1, -0.05) is 121 Å². The summed E-state index contributed by atoms with van der Waals surface area (Å²) in [5, 5.41) is 13.1. The summed E-state index contributed by atoms with van der Waals surface area (Å²) in [7, 11) is 0. The molecule has 0 bridgehead atoms. The molecule has 0 radical (unpaired) electrons. The van der Waals surface area contributed by atoms with Crippen molar-refractivity contribution in [1.29, 1.82) is 0 Å². The lowest BCUT2D eigenvalue weighted by Gasteiger charge is -2.09. The molecule has 0 saturated carbocycles. The first-order chi connectivity index (χ1) is 19.7. The first-order valence-electron chi connectivity index (χ1n) is 13.5. The van der Waals surface area contributed by atoms with E-state index < -0.39 is 5.97 Å². The molecule has 0 amide bonds. The number of carboxylic acids is 1. The lowest BCUT2D eigenvalue weighted by atomic mass is 9.98. The third-order valence-corrected chi connectivity index (χ3v) is 7.25. The Morgan fingerprint density at radius 3 is 2.27 bits per heavy atom. The van der Waals surface area contributed by atoms with Crippen LogP contribution in [0.2, 0.25) is 0 Å². The van der Waals surface area contributed by atoms with Crippen LogP contribution in [0.3, 0.4) is 0 Å². The number of nitrogens with one attached hydrogen (secondary N) is 1. The number of aryl methyl sites for hydroxylation is 1. The van der Waals surface area contributed by atoms with E-state index in [4.69, 9.17) is 4.74 Å². The molecular formula is C36H29NO3. The summed E-state index contributed by atoms with van der Waals surface area (Å²) < 4.78 is 6.12. The third-order valence-electron chi connectivity index (χ3n) is 7.25. The Hall–Kier alpha value is -5.09. The second-order valence-electron chi connectivity index (χ2n) is 9.77. The number of H-pyrrole nitrogens is 1. The number of rotatable bonds is 9. The highest BCUT2D eigenvalue weighted by atomic mass is 16.5. The topological polar surface area (TPSA) is 62.3 Å². The molecule has 0 aliphatic rings. The van der Waals surface area contributed by atoms with Crippen molar-refractivity contribution in [2.75, 3.05) is 6.61 Å². The molecule has 4 heteroatoms. The molecule has 0 unspecified atom stereocenters. The molecule has 5 aromatic carbocycles. The van der Waals surface area contributed by atoms with Gasteiger partial charge in [-0.15, -0.1) is 0 Å². The van der Waals surface area contributed by atoms with Crippen molar-refractivity contribution in [2.24, 2.45) is 0 Å². The van der Waals surface area contributed by atoms with Crippen molar-refractivity contribution in [3.8, 4) is 16.9 Å². The van der Waals surface area contributed by atoms with Gasteiger partial charge in [-0.3, -0.25) is 0 Å². The van der Waals surface area contributed by atoms with E-state index in [0.29, 0.717) is 19.4 Å². The number of benzene rings is 5. The molecule has 0 spiro atoms. The predicted molar refractivity (Wildman–Crippen MR) is 164 cm³/mol. The van der Waals surface area contributed by atoms with Crippen molar-refractivity contribution in [3.05, 3.63) is 138 Å². The number of fused-ring (bicyclic) bond motifs is 2. The molecule has 2 N–H and O–H groups in total. The fourth-order valence-electron chi connectivity index (χ4n) is 5.33. The molecule has 0 atom stereocenters. The molecule has 0 saturated heterocycles. The van der Waals surface area contributed by atoms with Crippen LogP contribution in [0, 0.1) is 0 Å². The van der Waals surface area contributed by atoms with Gasteiger partial charge >= 0.3 is 5.97 Å². The number of hydrogen-bond acceptors (Lipinski definition) is 2. The maximum Gasteiger partial charge on any atom is 0.352 e. The molecule has 0 aliphatic heterocycles. The molecule has 196 valence electrons. The number of ether oxygens (including phenoxy) is 1. The molecule has 0 aliphatic carbocycles. The number of aromatic amines is 1. The molecule has 6 aromatic rings. The molecule has 6 rings (SSSR count). The molecule has 1 heterocycles. The zero-order valence-corrected chi connectivity index (χ0v) is 22.0. The van der Waals surface area contributed by atoms with Crippen LogP contribution in [0.25, 0.3) is 45.0 Å². The second kappa shape index (κ2) is 11.3. The highest BCUT2D eigenvalue weighted by Gasteiger charge is 2.18. The maximum atomic E-state index is 12.2. The largest absolute Gasteiger partial charge is 0.493 e. The average molecular weight is 524 g/mol. The minimum atomic E-state index is -0.953. The Kier molecular flexibility index (Phi) is 7.14. The molecular weight excluding hydrogens is 494 g/mol. The zero-order chi connectivity index (χ0) is 27.3. The SMILES string of the molecule is O=C(O)c1[nH]c2c(C=Cc3ccccc3-c3ccccc3)cccc2c1CCCOc1cccc2ccccc12. The van der Waals surface area contributed by atoms with Gasteiger partial charge in [-0.2, -0.15) is 0 Å². The van der Waals surface area contributed by atoms with Crippen LogP contribution in [0.4, 0.5) is 0 Å². The number of para-hydroxylation sites is 1. The molecule has 1 aromatic heterocycles. The van der Waals surface area contributed by atoms with Crippen molar-refractivity contribution in [2.45, 2.75) is 12.8 Å². The van der Waals surface area contributed by atoms with E-state index in [-0.39, 0.29) is 5.69 Å². The summed E-state index contributed by atoms with van der Waals surface area (Å²) in [6, 6.07) is 38.8. The molecule has 0 fully saturated rings. The van der Waals surface area contributed by atoms with Crippen molar-refractivity contribution >= 4 is 39.8 Å².